The number of nitrogens with zero attached hydrogens (tertiary/aromatic N) is 4. The van der Waals surface area contributed by atoms with Gasteiger partial charge in [0.1, 0.15) is 5.82 Å². The zero-order chi connectivity index (χ0) is 18.7. The number of aryl methyl sites for hydroxylation is 2. The number of imidazole rings is 1. The molecule has 2 aromatic rings. The average Bonchev–Trinajstić information content (AvgIpc) is 3.10. The molecule has 2 heterocycles. The Hall–Kier alpha value is -2.14. The molecule has 0 spiro atoms. The maximum atomic E-state index is 13.0. The van der Waals surface area contributed by atoms with E-state index in [1.54, 1.807) is 0 Å². The Balaban J connectivity index is 1.72. The number of amides is 1. The molecule has 1 aliphatic rings. The fourth-order valence-corrected chi connectivity index (χ4v) is 3.61. The second kappa shape index (κ2) is 8.04. The molecule has 5 heteroatoms. The lowest BCUT2D eigenvalue weighted by atomic mass is 9.96. The molecular weight excluding hydrogens is 324 g/mol. The summed E-state index contributed by atoms with van der Waals surface area (Å²) in [6.45, 7) is 7.65. The first kappa shape index (κ1) is 18.6. The molecule has 0 saturated carbocycles. The van der Waals surface area contributed by atoms with E-state index in [-0.39, 0.29) is 5.91 Å². The van der Waals surface area contributed by atoms with Crippen LogP contribution in [0.15, 0.2) is 30.6 Å². The van der Waals surface area contributed by atoms with Crippen molar-refractivity contribution in [2.75, 3.05) is 33.7 Å². The van der Waals surface area contributed by atoms with E-state index >= 15 is 0 Å². The Morgan fingerprint density at radius 3 is 2.81 bits per heavy atom. The second-order valence-electron chi connectivity index (χ2n) is 7.67. The second-order valence-corrected chi connectivity index (χ2v) is 7.67. The molecule has 1 aromatic heterocycles. The van der Waals surface area contributed by atoms with E-state index in [2.05, 4.69) is 48.6 Å². The highest BCUT2D eigenvalue weighted by Crippen LogP contribution is 2.27. The van der Waals surface area contributed by atoms with Gasteiger partial charge in [-0.1, -0.05) is 6.07 Å². The third-order valence-corrected chi connectivity index (χ3v) is 5.36. The Labute approximate surface area is 156 Å². The quantitative estimate of drug-likeness (QED) is 0.829. The number of hydrogen-bond donors (Lipinski definition) is 0. The average molecular weight is 354 g/mol. The zero-order valence-corrected chi connectivity index (χ0v) is 16.4. The molecule has 0 aliphatic carbocycles. The molecule has 3 rings (SSSR count). The van der Waals surface area contributed by atoms with Gasteiger partial charge in [-0.15, -0.1) is 0 Å². The van der Waals surface area contributed by atoms with Gasteiger partial charge >= 0.3 is 0 Å². The maximum Gasteiger partial charge on any atom is 0.253 e. The van der Waals surface area contributed by atoms with Gasteiger partial charge in [0, 0.05) is 50.1 Å². The Morgan fingerprint density at radius 1 is 1.27 bits per heavy atom. The van der Waals surface area contributed by atoms with Crippen molar-refractivity contribution in [2.24, 2.45) is 0 Å². The molecule has 1 fully saturated rings. The van der Waals surface area contributed by atoms with Gasteiger partial charge in [-0.25, -0.2) is 4.98 Å². The van der Waals surface area contributed by atoms with Crippen LogP contribution in [-0.4, -0.2) is 59.0 Å². The molecule has 0 bridgehead atoms. The SMILES string of the molecule is Cc1ccc(C(=O)N2CCC[C@@H](c3nccn3CCN(C)C)C2)cc1C. The van der Waals surface area contributed by atoms with Crippen molar-refractivity contribution in [3.63, 3.8) is 0 Å². The monoisotopic (exact) mass is 354 g/mol. The van der Waals surface area contributed by atoms with Gasteiger partial charge < -0.3 is 14.4 Å². The van der Waals surface area contributed by atoms with E-state index < -0.39 is 0 Å². The minimum Gasteiger partial charge on any atom is -0.338 e. The number of hydrogen-bond acceptors (Lipinski definition) is 3. The zero-order valence-electron chi connectivity index (χ0n) is 16.4. The number of aromatic nitrogens is 2. The first-order valence-corrected chi connectivity index (χ1v) is 9.48. The highest BCUT2D eigenvalue weighted by molar-refractivity contribution is 5.94. The van der Waals surface area contributed by atoms with E-state index in [9.17, 15) is 4.79 Å². The largest absolute Gasteiger partial charge is 0.338 e. The minimum absolute atomic E-state index is 0.143. The van der Waals surface area contributed by atoms with Crippen molar-refractivity contribution in [3.8, 4) is 0 Å². The molecule has 1 amide bonds. The molecule has 5 nitrogen and oxygen atoms in total. The lowest BCUT2D eigenvalue weighted by molar-refractivity contribution is 0.0703. The fourth-order valence-electron chi connectivity index (χ4n) is 3.61. The number of benzene rings is 1. The van der Waals surface area contributed by atoms with Crippen LogP contribution in [0.4, 0.5) is 0 Å². The third kappa shape index (κ3) is 4.15. The first-order valence-electron chi connectivity index (χ1n) is 9.48. The van der Waals surface area contributed by atoms with Crippen LogP contribution in [0, 0.1) is 13.8 Å². The van der Waals surface area contributed by atoms with Crippen LogP contribution in [-0.2, 0) is 6.54 Å². The van der Waals surface area contributed by atoms with Gasteiger partial charge in [-0.05, 0) is 64.0 Å². The van der Waals surface area contributed by atoms with E-state index in [4.69, 9.17) is 0 Å². The maximum absolute atomic E-state index is 13.0. The first-order chi connectivity index (χ1) is 12.5. The number of rotatable bonds is 5. The summed E-state index contributed by atoms with van der Waals surface area (Å²) in [5, 5.41) is 0. The summed E-state index contributed by atoms with van der Waals surface area (Å²) >= 11 is 0. The van der Waals surface area contributed by atoms with Gasteiger partial charge in [0.05, 0.1) is 0 Å². The number of piperidine rings is 1. The van der Waals surface area contributed by atoms with E-state index in [0.717, 1.165) is 50.4 Å². The molecule has 1 saturated heterocycles. The van der Waals surface area contributed by atoms with Crippen LogP contribution >= 0.6 is 0 Å². The third-order valence-electron chi connectivity index (χ3n) is 5.36. The molecular formula is C21H30N4O. The molecule has 0 radical (unpaired) electrons. The smallest absolute Gasteiger partial charge is 0.253 e. The molecule has 0 N–H and O–H groups in total. The van der Waals surface area contributed by atoms with Crippen molar-refractivity contribution in [2.45, 2.75) is 39.2 Å². The Bertz CT molecular complexity index is 765. The van der Waals surface area contributed by atoms with Crippen LogP contribution in [0.1, 0.15) is 46.1 Å². The summed E-state index contributed by atoms with van der Waals surface area (Å²) in [4.78, 5) is 21.8. The van der Waals surface area contributed by atoms with Gasteiger partial charge in [-0.3, -0.25) is 4.79 Å². The van der Waals surface area contributed by atoms with Crippen molar-refractivity contribution in [3.05, 3.63) is 53.1 Å². The van der Waals surface area contributed by atoms with Crippen LogP contribution in [0.3, 0.4) is 0 Å². The lowest BCUT2D eigenvalue weighted by Gasteiger charge is -2.33. The highest BCUT2D eigenvalue weighted by atomic mass is 16.2. The molecule has 26 heavy (non-hydrogen) atoms. The summed E-state index contributed by atoms with van der Waals surface area (Å²) in [6, 6.07) is 6.00. The molecule has 1 aromatic carbocycles. The minimum atomic E-state index is 0.143. The standard InChI is InChI=1S/C21H30N4O/c1-16-7-8-18(14-17(16)2)21(26)25-10-5-6-19(15-25)20-22-9-11-24(20)13-12-23(3)4/h7-9,11,14,19H,5-6,10,12-13,15H2,1-4H3/t19-/m1/s1. The van der Waals surface area contributed by atoms with Crippen molar-refractivity contribution in [1.82, 2.24) is 19.4 Å². The van der Waals surface area contributed by atoms with Crippen molar-refractivity contribution in [1.29, 1.82) is 0 Å². The predicted octanol–water partition coefficient (Wildman–Crippen LogP) is 3.08. The van der Waals surface area contributed by atoms with Gasteiger partial charge in [0.15, 0.2) is 0 Å². The lowest BCUT2D eigenvalue weighted by Crippen LogP contribution is -2.40. The molecule has 0 unspecified atom stereocenters. The van der Waals surface area contributed by atoms with E-state index in [1.807, 2.05) is 29.3 Å². The highest BCUT2D eigenvalue weighted by Gasteiger charge is 2.28. The number of likely N-dealkylation sites (N-methyl/N-ethyl adjacent to an activating group) is 1. The summed E-state index contributed by atoms with van der Waals surface area (Å²) in [7, 11) is 4.17. The number of carbonyl (C=O) groups excluding carboxylic acids is 1. The fraction of sp³-hybridized carbons (Fsp3) is 0.524. The molecule has 1 atom stereocenters. The molecule has 140 valence electrons. The van der Waals surface area contributed by atoms with Gasteiger partial charge in [-0.2, -0.15) is 0 Å². The molecule has 1 aliphatic heterocycles. The predicted molar refractivity (Wildman–Crippen MR) is 105 cm³/mol. The Morgan fingerprint density at radius 2 is 2.08 bits per heavy atom. The summed E-state index contributed by atoms with van der Waals surface area (Å²) in [5.41, 5.74) is 3.19. The van der Waals surface area contributed by atoms with Crippen LogP contribution in [0.2, 0.25) is 0 Å². The summed E-state index contributed by atoms with van der Waals surface area (Å²) in [5.74, 6) is 1.57. The summed E-state index contributed by atoms with van der Waals surface area (Å²) in [6.07, 6.45) is 6.06. The van der Waals surface area contributed by atoms with Crippen LogP contribution in [0.25, 0.3) is 0 Å². The van der Waals surface area contributed by atoms with Gasteiger partial charge in [0.2, 0.25) is 0 Å². The van der Waals surface area contributed by atoms with Crippen LogP contribution in [0.5, 0.6) is 0 Å². The summed E-state index contributed by atoms with van der Waals surface area (Å²) < 4.78 is 2.24. The number of likely N-dealkylation sites (tertiary alicyclic amines) is 1. The van der Waals surface area contributed by atoms with E-state index in [1.165, 1.54) is 11.1 Å². The van der Waals surface area contributed by atoms with Crippen molar-refractivity contribution >= 4 is 5.91 Å². The van der Waals surface area contributed by atoms with E-state index in [0.29, 0.717) is 5.92 Å². The van der Waals surface area contributed by atoms with Gasteiger partial charge in [0.25, 0.3) is 5.91 Å². The van der Waals surface area contributed by atoms with Crippen LogP contribution < -0.4 is 0 Å². The topological polar surface area (TPSA) is 41.4 Å². The van der Waals surface area contributed by atoms with Crippen molar-refractivity contribution < 1.29 is 4.79 Å². The Kier molecular flexibility index (Phi) is 5.77. The normalized spacial score (nSPS) is 17.7. The number of carbonyl (C=O) groups is 1.